The Kier molecular flexibility index (Phi) is 6.16. The van der Waals surface area contributed by atoms with Crippen LogP contribution in [0.2, 0.25) is 0 Å². The summed E-state index contributed by atoms with van der Waals surface area (Å²) in [6, 6.07) is 20.7. The first-order valence-corrected chi connectivity index (χ1v) is 10.6. The van der Waals surface area contributed by atoms with Crippen LogP contribution in [-0.2, 0) is 25.7 Å². The summed E-state index contributed by atoms with van der Waals surface area (Å²) in [4.78, 5) is 0. The highest BCUT2D eigenvalue weighted by atomic mass is 14.3. The Labute approximate surface area is 165 Å². The highest BCUT2D eigenvalue weighted by Crippen LogP contribution is 2.42. The number of hydrogen-bond acceptors (Lipinski definition) is 0. The van der Waals surface area contributed by atoms with Gasteiger partial charge in [-0.3, -0.25) is 0 Å². The van der Waals surface area contributed by atoms with Gasteiger partial charge in [-0.15, -0.1) is 0 Å². The van der Waals surface area contributed by atoms with E-state index in [9.17, 15) is 0 Å². The maximum absolute atomic E-state index is 2.49. The molecule has 0 saturated carbocycles. The molecule has 0 aliphatic heterocycles. The van der Waals surface area contributed by atoms with E-state index in [1.54, 1.807) is 0 Å². The zero-order valence-electron chi connectivity index (χ0n) is 17.5. The van der Waals surface area contributed by atoms with Crippen molar-refractivity contribution in [2.75, 3.05) is 0 Å². The van der Waals surface area contributed by atoms with Crippen molar-refractivity contribution in [3.05, 3.63) is 82.4 Å². The molecule has 0 atom stereocenters. The molecule has 0 aromatic heterocycles. The number of fused-ring (bicyclic) bond motifs is 6. The molecule has 3 aromatic carbocycles. The molecule has 2 aliphatic carbocycles. The van der Waals surface area contributed by atoms with Crippen molar-refractivity contribution >= 4 is 0 Å². The van der Waals surface area contributed by atoms with Crippen molar-refractivity contribution in [1.82, 2.24) is 0 Å². The standard InChI is InChI=1S/C23H20.2C2H6/c1-15-5-4-7-17-10-12-19-13-21-18(14-22(19)23(15)17)11-9-16-6-2-3-8-20(16)21;2*1-2/h2-8,13-14H,9-12H2,1H3;2*1-2H3. The molecule has 0 spiro atoms. The van der Waals surface area contributed by atoms with Crippen LogP contribution < -0.4 is 0 Å². The first-order chi connectivity index (χ1) is 13.3. The van der Waals surface area contributed by atoms with Crippen LogP contribution in [-0.4, -0.2) is 0 Å². The average Bonchev–Trinajstić information content (AvgIpc) is 2.75. The normalized spacial score (nSPS) is 12.8. The zero-order valence-corrected chi connectivity index (χ0v) is 17.5. The van der Waals surface area contributed by atoms with Gasteiger partial charge in [0.25, 0.3) is 0 Å². The minimum absolute atomic E-state index is 1.17. The molecular formula is C27H32. The molecule has 0 nitrogen and oxygen atoms in total. The summed E-state index contributed by atoms with van der Waals surface area (Å²) in [5.41, 5.74) is 13.4. The van der Waals surface area contributed by atoms with Gasteiger partial charge in [-0.1, -0.05) is 82.3 Å². The van der Waals surface area contributed by atoms with Gasteiger partial charge in [0.2, 0.25) is 0 Å². The Morgan fingerprint density at radius 3 is 1.85 bits per heavy atom. The van der Waals surface area contributed by atoms with Gasteiger partial charge in [0.15, 0.2) is 0 Å². The van der Waals surface area contributed by atoms with Gasteiger partial charge in [-0.25, -0.2) is 0 Å². The van der Waals surface area contributed by atoms with Crippen molar-refractivity contribution in [3.63, 3.8) is 0 Å². The van der Waals surface area contributed by atoms with Crippen LogP contribution in [0.5, 0.6) is 0 Å². The Balaban J connectivity index is 0.000000495. The second-order valence-corrected chi connectivity index (χ2v) is 6.93. The summed E-state index contributed by atoms with van der Waals surface area (Å²) < 4.78 is 0. The Morgan fingerprint density at radius 1 is 0.519 bits per heavy atom. The minimum Gasteiger partial charge on any atom is -0.0683 e. The van der Waals surface area contributed by atoms with E-state index in [4.69, 9.17) is 0 Å². The van der Waals surface area contributed by atoms with Crippen molar-refractivity contribution in [2.24, 2.45) is 0 Å². The van der Waals surface area contributed by atoms with Crippen LogP contribution in [0.15, 0.2) is 54.6 Å². The van der Waals surface area contributed by atoms with Crippen LogP contribution in [0.3, 0.4) is 0 Å². The number of benzene rings is 3. The summed E-state index contributed by atoms with van der Waals surface area (Å²) >= 11 is 0. The second kappa shape index (κ2) is 8.57. The monoisotopic (exact) mass is 356 g/mol. The van der Waals surface area contributed by atoms with Crippen LogP contribution in [0.25, 0.3) is 22.3 Å². The van der Waals surface area contributed by atoms with E-state index in [0.29, 0.717) is 0 Å². The third-order valence-electron chi connectivity index (χ3n) is 5.59. The number of hydrogen-bond donors (Lipinski definition) is 0. The first-order valence-electron chi connectivity index (χ1n) is 10.6. The van der Waals surface area contributed by atoms with Crippen molar-refractivity contribution < 1.29 is 0 Å². The van der Waals surface area contributed by atoms with Gasteiger partial charge < -0.3 is 0 Å². The fourth-order valence-electron chi connectivity index (χ4n) is 4.45. The van der Waals surface area contributed by atoms with E-state index in [2.05, 4.69) is 61.5 Å². The maximum atomic E-state index is 2.49. The molecule has 5 rings (SSSR count). The lowest BCUT2D eigenvalue weighted by Crippen LogP contribution is -2.10. The molecule has 27 heavy (non-hydrogen) atoms. The maximum Gasteiger partial charge on any atom is -0.0120 e. The van der Waals surface area contributed by atoms with Crippen molar-refractivity contribution in [1.29, 1.82) is 0 Å². The predicted molar refractivity (Wildman–Crippen MR) is 120 cm³/mol. The summed E-state index contributed by atoms with van der Waals surface area (Å²) in [6.45, 7) is 10.3. The molecule has 2 aliphatic rings. The quantitative estimate of drug-likeness (QED) is 0.389. The second-order valence-electron chi connectivity index (χ2n) is 6.93. The minimum atomic E-state index is 1.17. The van der Waals surface area contributed by atoms with Crippen molar-refractivity contribution in [3.8, 4) is 22.3 Å². The van der Waals surface area contributed by atoms with Crippen LogP contribution in [0, 0.1) is 6.92 Å². The number of aryl methyl sites for hydroxylation is 5. The highest BCUT2D eigenvalue weighted by molar-refractivity contribution is 5.82. The summed E-state index contributed by atoms with van der Waals surface area (Å²) in [6.07, 6.45) is 4.68. The molecule has 0 saturated heterocycles. The lowest BCUT2D eigenvalue weighted by atomic mass is 9.77. The molecule has 0 radical (unpaired) electrons. The van der Waals surface area contributed by atoms with Gasteiger partial charge >= 0.3 is 0 Å². The molecule has 140 valence electrons. The fourth-order valence-corrected chi connectivity index (χ4v) is 4.45. The van der Waals surface area contributed by atoms with E-state index in [1.807, 2.05) is 27.7 Å². The summed E-state index contributed by atoms with van der Waals surface area (Å²) in [5, 5.41) is 0. The lowest BCUT2D eigenvalue weighted by molar-refractivity contribution is 0.915. The van der Waals surface area contributed by atoms with Gasteiger partial charge in [-0.2, -0.15) is 0 Å². The summed E-state index contributed by atoms with van der Waals surface area (Å²) in [5.74, 6) is 0. The van der Waals surface area contributed by atoms with E-state index >= 15 is 0 Å². The number of rotatable bonds is 0. The smallest absolute Gasteiger partial charge is 0.0120 e. The van der Waals surface area contributed by atoms with Gasteiger partial charge in [0.1, 0.15) is 0 Å². The average molecular weight is 357 g/mol. The Morgan fingerprint density at radius 2 is 1.07 bits per heavy atom. The van der Waals surface area contributed by atoms with E-state index in [1.165, 1.54) is 75.8 Å². The van der Waals surface area contributed by atoms with Crippen LogP contribution in [0.4, 0.5) is 0 Å². The van der Waals surface area contributed by atoms with Gasteiger partial charge in [0.05, 0.1) is 0 Å². The van der Waals surface area contributed by atoms with E-state index < -0.39 is 0 Å². The SMILES string of the molecule is CC.CC.Cc1cccc2c1-c1cc3c(cc1CC2)-c1ccccc1CC3. The van der Waals surface area contributed by atoms with Gasteiger partial charge in [-0.05, 0) is 82.7 Å². The Bertz CT molecular complexity index is 931. The van der Waals surface area contributed by atoms with Crippen LogP contribution >= 0.6 is 0 Å². The highest BCUT2D eigenvalue weighted by Gasteiger charge is 2.22. The van der Waals surface area contributed by atoms with E-state index in [0.717, 1.165) is 0 Å². The van der Waals surface area contributed by atoms with Crippen LogP contribution in [0.1, 0.15) is 55.5 Å². The predicted octanol–water partition coefficient (Wildman–Crippen LogP) is 7.58. The molecule has 3 aromatic rings. The zero-order chi connectivity index (χ0) is 19.4. The molecular weight excluding hydrogens is 324 g/mol. The molecule has 0 amide bonds. The molecule has 0 fully saturated rings. The van der Waals surface area contributed by atoms with Crippen molar-refractivity contribution in [2.45, 2.75) is 60.3 Å². The Hall–Kier alpha value is -2.34. The van der Waals surface area contributed by atoms with E-state index in [-0.39, 0.29) is 0 Å². The largest absolute Gasteiger partial charge is 0.0683 e. The van der Waals surface area contributed by atoms with Gasteiger partial charge in [0, 0.05) is 0 Å². The third kappa shape index (κ3) is 3.46. The fraction of sp³-hybridized carbons (Fsp3) is 0.333. The topological polar surface area (TPSA) is 0 Å². The lowest BCUT2D eigenvalue weighted by Gasteiger charge is -2.27. The molecule has 0 bridgehead atoms. The molecule has 0 N–H and O–H groups in total. The molecule has 0 unspecified atom stereocenters. The third-order valence-corrected chi connectivity index (χ3v) is 5.59. The molecule has 0 heterocycles. The first kappa shape index (κ1) is 19.4. The molecule has 0 heteroatoms. The summed E-state index contributed by atoms with van der Waals surface area (Å²) in [7, 11) is 0.